The summed E-state index contributed by atoms with van der Waals surface area (Å²) >= 11 is 0. The van der Waals surface area contributed by atoms with Crippen LogP contribution in [-0.2, 0) is 0 Å². The topological polar surface area (TPSA) is 46.0 Å². The summed E-state index contributed by atoms with van der Waals surface area (Å²) in [5.41, 5.74) is 40.4. The molecule has 6 heterocycles. The average Bonchev–Trinajstić information content (AvgIpc) is 1.57. The highest BCUT2D eigenvalue weighted by molar-refractivity contribution is 6.20. The van der Waals surface area contributed by atoms with Crippen LogP contribution in [0.1, 0.15) is 0 Å². The van der Waals surface area contributed by atoms with Gasteiger partial charge >= 0.3 is 0 Å². The van der Waals surface area contributed by atoms with Gasteiger partial charge in [0.15, 0.2) is 0 Å². The molecule has 28 aromatic rings. The maximum absolute atomic E-state index is 6.86. The monoisotopic (exact) mass is 1760 g/mol. The zero-order valence-corrected chi connectivity index (χ0v) is 75.1. The first-order valence-electron chi connectivity index (χ1n) is 47.3. The molecule has 0 radical (unpaired) electrons. The van der Waals surface area contributed by atoms with Gasteiger partial charge in [-0.25, -0.2) is 0 Å². The quantitative estimate of drug-likeness (QED) is 0.109. The largest absolute Gasteiger partial charge is 0.455 e. The van der Waals surface area contributed by atoms with E-state index in [0.717, 1.165) is 155 Å². The molecule has 0 bridgehead atoms. The third-order valence-corrected chi connectivity index (χ3v) is 28.3. The summed E-state index contributed by atoms with van der Waals surface area (Å²) in [5.74, 6) is 0. The number of rotatable bonds is 14. The van der Waals surface area contributed by atoms with Crippen molar-refractivity contribution in [1.29, 1.82) is 0 Å². The van der Waals surface area contributed by atoms with Crippen LogP contribution in [0.15, 0.2) is 518 Å². The molecule has 0 amide bonds. The second-order valence-corrected chi connectivity index (χ2v) is 35.9. The van der Waals surface area contributed by atoms with Crippen LogP contribution in [0.4, 0.5) is 0 Å². The van der Waals surface area contributed by atoms with E-state index in [9.17, 15) is 0 Å². The van der Waals surface area contributed by atoms with Gasteiger partial charge in [-0.05, 0) is 199 Å². The van der Waals surface area contributed by atoms with E-state index in [-0.39, 0.29) is 0 Å². The highest BCUT2D eigenvalue weighted by atomic mass is 16.3. The Kier molecular flexibility index (Phi) is 18.9. The number of hydrogen-bond acceptors (Lipinski definition) is 2. The van der Waals surface area contributed by atoms with E-state index in [1.807, 2.05) is 6.07 Å². The van der Waals surface area contributed by atoms with Crippen molar-refractivity contribution >= 4 is 131 Å². The molecule has 0 atom stereocenters. The van der Waals surface area contributed by atoms with Gasteiger partial charge in [-0.3, -0.25) is 0 Å². The lowest BCUT2D eigenvalue weighted by atomic mass is 9.91. The van der Waals surface area contributed by atoms with Gasteiger partial charge < -0.3 is 27.1 Å². The fourth-order valence-electron chi connectivity index (χ4n) is 22.2. The summed E-state index contributed by atoms with van der Waals surface area (Å²) in [6.45, 7) is 0. The molecular formula is C132H84N4O2. The first kappa shape index (κ1) is 79.4. The predicted octanol–water partition coefficient (Wildman–Crippen LogP) is 36.2. The first-order chi connectivity index (χ1) is 68.5. The summed E-state index contributed by atoms with van der Waals surface area (Å²) in [5, 5.41) is 14.1. The highest BCUT2D eigenvalue weighted by Crippen LogP contribution is 2.51. The minimum absolute atomic E-state index is 0.885. The van der Waals surface area contributed by atoms with Gasteiger partial charge in [-0.2, -0.15) is 0 Å². The number of furan rings is 2. The average molecular weight is 1760 g/mol. The zero-order chi connectivity index (χ0) is 90.8. The maximum Gasteiger partial charge on any atom is 0.143 e. The zero-order valence-electron chi connectivity index (χ0n) is 75.1. The molecule has 22 aromatic carbocycles. The summed E-state index contributed by atoms with van der Waals surface area (Å²) in [4.78, 5) is 0. The van der Waals surface area contributed by atoms with Crippen molar-refractivity contribution in [3.63, 3.8) is 0 Å². The molecule has 6 nitrogen and oxygen atoms in total. The normalized spacial score (nSPS) is 11.8. The molecular weight excluding hydrogens is 1670 g/mol. The van der Waals surface area contributed by atoms with Crippen LogP contribution >= 0.6 is 0 Å². The van der Waals surface area contributed by atoms with Crippen LogP contribution in [0.25, 0.3) is 265 Å². The van der Waals surface area contributed by atoms with Gasteiger partial charge in [0.2, 0.25) is 0 Å². The Bertz CT molecular complexity index is 9620. The Morgan fingerprint density at radius 2 is 0.348 bits per heavy atom. The van der Waals surface area contributed by atoms with Gasteiger partial charge in [0.25, 0.3) is 0 Å². The molecule has 6 aromatic heterocycles. The van der Waals surface area contributed by atoms with Gasteiger partial charge in [-0.1, -0.05) is 388 Å². The smallest absolute Gasteiger partial charge is 0.143 e. The molecule has 644 valence electrons. The number of aromatic nitrogens is 4. The van der Waals surface area contributed by atoms with Crippen molar-refractivity contribution < 1.29 is 8.83 Å². The van der Waals surface area contributed by atoms with Crippen molar-refractivity contribution in [2.24, 2.45) is 0 Å². The van der Waals surface area contributed by atoms with E-state index in [0.29, 0.717) is 0 Å². The van der Waals surface area contributed by atoms with Gasteiger partial charge in [0, 0.05) is 98.0 Å². The number of benzene rings is 22. The molecule has 28 rings (SSSR count). The molecule has 6 heteroatoms. The molecule has 0 N–H and O–H groups in total. The Morgan fingerprint density at radius 3 is 0.688 bits per heavy atom. The van der Waals surface area contributed by atoms with E-state index in [4.69, 9.17) is 8.83 Å². The van der Waals surface area contributed by atoms with Crippen molar-refractivity contribution in [2.45, 2.75) is 0 Å². The Balaban J connectivity index is 0.000000139. The molecule has 138 heavy (non-hydrogen) atoms. The second kappa shape index (κ2) is 32.8. The summed E-state index contributed by atoms with van der Waals surface area (Å²) in [6, 6.07) is 185. The SMILES string of the molecule is c1ccc(-c2ccccc2-c2ccc3c(c2)c2cc(-c4c(-c5ccccc5)ccc5c4oc4ccccc45)ccc2n3-c2ccccc2-c2ccccc2-n2c3ccccc3c3ccccc32)cc1.c1ccc(-c2ccccc2-c2ccc3c(c2)c2cc(-c4ccc5c(oc6ccccc65)c4-c4ccccc4)ccc2n3-c2ccccc2-c2ccccc2-n2c3ccccc3c3ccccc32)cc1. The van der Waals surface area contributed by atoms with Crippen LogP contribution < -0.4 is 0 Å². The Labute approximate surface area is 796 Å². The molecule has 0 spiro atoms. The lowest BCUT2D eigenvalue weighted by Gasteiger charge is -2.18. The maximum atomic E-state index is 6.86. The lowest BCUT2D eigenvalue weighted by molar-refractivity contribution is 0.670. The van der Waals surface area contributed by atoms with Crippen LogP contribution in [0.2, 0.25) is 0 Å². The summed E-state index contributed by atoms with van der Waals surface area (Å²) in [6.07, 6.45) is 0. The number of fused-ring (bicyclic) bond motifs is 18. The molecule has 0 aliphatic heterocycles. The standard InChI is InChI=1S/2C66H42N2O/c1-3-19-43(20-4-1)47-23-7-8-24-48(47)45-35-39-62-56(41-45)57-42-46(49-37-38-55-54-29-13-18-34-64(54)69-66(55)65(49)44-21-5-2-6-22-44)36-40-63(57)68(62)61-33-17-12-28-53(61)52-27-11-16-32-60(52)67-58-30-14-9-25-50(58)51-26-10-15-31-59(51)67;1-3-19-43(20-4-1)47-23-7-8-24-48(47)45-35-39-62-56(41-45)57-42-46(65-49(44-21-5-2-6-22-44)37-38-55-54-29-13-18-34-64(54)69-66(55)65)36-40-63(57)68(62)61-33-17-12-28-53(61)52-27-11-16-32-60(52)67-58-30-14-9-25-50(58)51-26-10-15-31-59(51)67/h2*1-42H. The molecule has 0 fully saturated rings. The van der Waals surface area contributed by atoms with Crippen molar-refractivity contribution in [2.75, 3.05) is 0 Å². The first-order valence-corrected chi connectivity index (χ1v) is 47.3. The summed E-state index contributed by atoms with van der Waals surface area (Å²) in [7, 11) is 0. The van der Waals surface area contributed by atoms with Gasteiger partial charge in [-0.15, -0.1) is 0 Å². The fourth-order valence-corrected chi connectivity index (χ4v) is 22.2. The second-order valence-electron chi connectivity index (χ2n) is 35.9. The van der Waals surface area contributed by atoms with Gasteiger partial charge in [0.1, 0.15) is 22.3 Å². The Morgan fingerprint density at radius 1 is 0.123 bits per heavy atom. The molecule has 0 aliphatic rings. The minimum atomic E-state index is 0.885. The van der Waals surface area contributed by atoms with Crippen LogP contribution in [0.3, 0.4) is 0 Å². The van der Waals surface area contributed by atoms with Crippen LogP contribution in [0, 0.1) is 0 Å². The van der Waals surface area contributed by atoms with Crippen molar-refractivity contribution in [1.82, 2.24) is 18.3 Å². The molecule has 0 aliphatic carbocycles. The third kappa shape index (κ3) is 12.9. The van der Waals surface area contributed by atoms with E-state index >= 15 is 0 Å². The minimum Gasteiger partial charge on any atom is -0.455 e. The fraction of sp³-hybridized carbons (Fsp3) is 0. The van der Waals surface area contributed by atoms with Crippen LogP contribution in [-0.4, -0.2) is 18.3 Å². The highest BCUT2D eigenvalue weighted by Gasteiger charge is 2.28. The third-order valence-electron chi connectivity index (χ3n) is 28.3. The number of hydrogen-bond donors (Lipinski definition) is 0. The van der Waals surface area contributed by atoms with Crippen molar-refractivity contribution in [3.05, 3.63) is 510 Å². The van der Waals surface area contributed by atoms with Gasteiger partial charge in [0.05, 0.1) is 66.9 Å². The van der Waals surface area contributed by atoms with E-state index < -0.39 is 0 Å². The number of para-hydroxylation sites is 10. The van der Waals surface area contributed by atoms with E-state index in [1.54, 1.807) is 0 Å². The Hall–Kier alpha value is -18.4. The summed E-state index contributed by atoms with van der Waals surface area (Å²) < 4.78 is 23.5. The molecule has 0 saturated heterocycles. The van der Waals surface area contributed by atoms with Crippen LogP contribution in [0.5, 0.6) is 0 Å². The van der Waals surface area contributed by atoms with E-state index in [2.05, 4.69) is 522 Å². The predicted molar refractivity (Wildman–Crippen MR) is 579 cm³/mol. The van der Waals surface area contributed by atoms with Crippen molar-refractivity contribution in [3.8, 4) is 134 Å². The molecule has 0 saturated carbocycles. The molecule has 0 unspecified atom stereocenters. The lowest BCUT2D eigenvalue weighted by Crippen LogP contribution is -2.01. The number of nitrogens with zero attached hydrogens (tertiary/aromatic N) is 4. The van der Waals surface area contributed by atoms with E-state index in [1.165, 1.54) is 110 Å².